The lowest BCUT2D eigenvalue weighted by Gasteiger charge is -2.55. The second-order valence-corrected chi connectivity index (χ2v) is 17.6. The van der Waals surface area contributed by atoms with E-state index in [-0.39, 0.29) is 57.9 Å². The van der Waals surface area contributed by atoms with Crippen LogP contribution in [0, 0.1) is 18.2 Å². The van der Waals surface area contributed by atoms with Gasteiger partial charge in [0.1, 0.15) is 17.9 Å². The monoisotopic (exact) mass is 757 g/mol. The number of nitrogens with zero attached hydrogens (tertiary/aromatic N) is 6. The van der Waals surface area contributed by atoms with Gasteiger partial charge in [-0.25, -0.2) is 32.5 Å². The lowest BCUT2D eigenvalue weighted by Crippen LogP contribution is -2.62. The third kappa shape index (κ3) is 7.82. The number of carbonyl (C=O) groups excluding carboxylic acids is 1. The Hall–Kier alpha value is -3.28. The molecule has 4 atom stereocenters. The number of halogens is 1. The van der Waals surface area contributed by atoms with Crippen molar-refractivity contribution in [1.29, 1.82) is 0 Å². The highest BCUT2D eigenvalue weighted by molar-refractivity contribution is 7.89. The van der Waals surface area contributed by atoms with Crippen molar-refractivity contribution in [3.8, 4) is 11.5 Å². The molecule has 6 heterocycles. The second-order valence-electron chi connectivity index (χ2n) is 14.9. The van der Waals surface area contributed by atoms with Crippen molar-refractivity contribution in [3.63, 3.8) is 0 Å². The normalized spacial score (nSPS) is 24.2. The molecule has 0 radical (unpaired) electrons. The van der Waals surface area contributed by atoms with Gasteiger partial charge in [0.25, 0.3) is 15.9 Å². The van der Waals surface area contributed by atoms with Crippen LogP contribution in [0.2, 0.25) is 0 Å². The molecule has 7 rings (SSSR count). The Bertz CT molecular complexity index is 1830. The van der Waals surface area contributed by atoms with E-state index in [2.05, 4.69) is 36.4 Å². The Morgan fingerprint density at radius 1 is 1.13 bits per heavy atom. The zero-order valence-electron chi connectivity index (χ0n) is 30.2. The standard InChI is InChI=1S/C36H48FN7O6S2/c1-23(2)44(28-9-14-48-18-28)35(45)29-15-26(37)5-7-31(29)50-32-16-38-22-39-34(32)43-20-36(21-43)10-12-42(13-11-36)24(3)30-8-6-27(17-49-30)41-52(46,47)33-19-51-25(4)40-33/h5,7,15-16,19,22-24,27-28,30,41H,6,8-14,17-18,20-21H2,1-4H3/t24-,27-,28+,30+/m1/s1. The third-order valence-electron chi connectivity index (χ3n) is 11.0. The van der Waals surface area contributed by atoms with Gasteiger partial charge in [-0.15, -0.1) is 11.3 Å². The summed E-state index contributed by atoms with van der Waals surface area (Å²) in [5.74, 6) is 0.511. The van der Waals surface area contributed by atoms with E-state index >= 15 is 0 Å². The molecule has 3 aromatic rings. The zero-order chi connectivity index (χ0) is 36.6. The fourth-order valence-electron chi connectivity index (χ4n) is 8.06. The van der Waals surface area contributed by atoms with Crippen LogP contribution in [0.15, 0.2) is 41.1 Å². The van der Waals surface area contributed by atoms with Crippen LogP contribution >= 0.6 is 11.3 Å². The summed E-state index contributed by atoms with van der Waals surface area (Å²) in [7, 11) is -3.66. The van der Waals surface area contributed by atoms with Crippen LogP contribution in [0.3, 0.4) is 0 Å². The van der Waals surface area contributed by atoms with Gasteiger partial charge in [-0.2, -0.15) is 0 Å². The SMILES string of the molecule is Cc1nc(S(=O)(=O)N[C@@H]2CC[C@@H]([C@@H](C)N3CCC4(CC3)CN(c3ncncc3Oc3ccc(F)cc3C(=O)N(C(C)C)[C@H]3CCOC3)C4)OC2)cs1. The lowest BCUT2D eigenvalue weighted by molar-refractivity contribution is -0.0600. The first-order chi connectivity index (χ1) is 24.9. The lowest BCUT2D eigenvalue weighted by atomic mass is 9.71. The Morgan fingerprint density at radius 2 is 1.92 bits per heavy atom. The molecule has 0 saturated carbocycles. The molecule has 52 heavy (non-hydrogen) atoms. The van der Waals surface area contributed by atoms with Gasteiger partial charge in [0.05, 0.1) is 42.1 Å². The van der Waals surface area contributed by atoms with E-state index in [4.69, 9.17) is 14.2 Å². The van der Waals surface area contributed by atoms with Gasteiger partial charge in [-0.3, -0.25) is 9.69 Å². The maximum Gasteiger partial charge on any atom is 0.259 e. The van der Waals surface area contributed by atoms with Gasteiger partial charge in [-0.1, -0.05) is 0 Å². The molecule has 1 spiro atoms. The molecule has 4 aliphatic heterocycles. The number of piperidine rings is 1. The first-order valence-corrected chi connectivity index (χ1v) is 20.5. The van der Waals surface area contributed by atoms with Crippen molar-refractivity contribution in [3.05, 3.63) is 52.5 Å². The highest BCUT2D eigenvalue weighted by Crippen LogP contribution is 2.45. The number of hydrogen-bond donors (Lipinski definition) is 1. The van der Waals surface area contributed by atoms with Crippen molar-refractivity contribution in [2.24, 2.45) is 5.41 Å². The highest BCUT2D eigenvalue weighted by Gasteiger charge is 2.47. The summed E-state index contributed by atoms with van der Waals surface area (Å²) in [6.45, 7) is 12.8. The molecule has 0 bridgehead atoms. The number of anilines is 1. The van der Waals surface area contributed by atoms with Crippen LogP contribution in [0.1, 0.15) is 68.2 Å². The molecule has 4 aliphatic rings. The van der Waals surface area contributed by atoms with E-state index in [0.717, 1.165) is 51.9 Å². The van der Waals surface area contributed by atoms with Crippen molar-refractivity contribution in [1.82, 2.24) is 29.5 Å². The average Bonchev–Trinajstić information content (AvgIpc) is 3.81. The molecule has 16 heteroatoms. The molecule has 0 unspecified atom stereocenters. The molecule has 1 N–H and O–H groups in total. The zero-order valence-corrected chi connectivity index (χ0v) is 31.8. The first-order valence-electron chi connectivity index (χ1n) is 18.1. The Balaban J connectivity index is 0.937. The van der Waals surface area contributed by atoms with Crippen molar-refractivity contribution in [2.75, 3.05) is 50.9 Å². The van der Waals surface area contributed by atoms with E-state index in [1.165, 1.54) is 35.9 Å². The second kappa shape index (κ2) is 15.2. The summed E-state index contributed by atoms with van der Waals surface area (Å²) in [6, 6.07) is 3.79. The van der Waals surface area contributed by atoms with Gasteiger partial charge in [-0.05, 0) is 91.1 Å². The molecule has 2 aromatic heterocycles. The summed E-state index contributed by atoms with van der Waals surface area (Å²) in [5, 5.41) is 2.36. The van der Waals surface area contributed by atoms with E-state index < -0.39 is 15.8 Å². The van der Waals surface area contributed by atoms with Crippen LogP contribution in [-0.2, 0) is 19.5 Å². The fourth-order valence-corrected chi connectivity index (χ4v) is 10.2. The number of benzene rings is 1. The van der Waals surface area contributed by atoms with Crippen LogP contribution in [0.4, 0.5) is 10.2 Å². The smallest absolute Gasteiger partial charge is 0.259 e. The summed E-state index contributed by atoms with van der Waals surface area (Å²) in [6.07, 6.45) is 7.42. The van der Waals surface area contributed by atoms with Crippen LogP contribution < -0.4 is 14.4 Å². The quantitative estimate of drug-likeness (QED) is 0.293. The molecule has 13 nitrogen and oxygen atoms in total. The minimum Gasteiger partial charge on any atom is -0.451 e. The van der Waals surface area contributed by atoms with Gasteiger partial charge < -0.3 is 24.0 Å². The van der Waals surface area contributed by atoms with E-state index in [1.54, 1.807) is 23.4 Å². The molecule has 4 saturated heterocycles. The summed E-state index contributed by atoms with van der Waals surface area (Å²) >= 11 is 1.32. The van der Waals surface area contributed by atoms with E-state index in [0.29, 0.717) is 42.8 Å². The molecular formula is C36H48FN7O6S2. The number of ether oxygens (including phenoxy) is 3. The number of hydrogen-bond acceptors (Lipinski definition) is 12. The largest absolute Gasteiger partial charge is 0.451 e. The number of amides is 1. The molecule has 1 amide bonds. The van der Waals surface area contributed by atoms with Crippen molar-refractivity contribution < 1.29 is 31.8 Å². The Labute approximate surface area is 308 Å². The third-order valence-corrected chi connectivity index (χ3v) is 13.3. The minimum atomic E-state index is -3.66. The van der Waals surface area contributed by atoms with Crippen molar-refractivity contribution in [2.45, 2.75) is 95.1 Å². The molecular weight excluding hydrogens is 710 g/mol. The van der Waals surface area contributed by atoms with Gasteiger partial charge >= 0.3 is 0 Å². The predicted molar refractivity (Wildman–Crippen MR) is 194 cm³/mol. The molecule has 1 aromatic carbocycles. The van der Waals surface area contributed by atoms with Gasteiger partial charge in [0, 0.05) is 48.6 Å². The summed E-state index contributed by atoms with van der Waals surface area (Å²) in [5.41, 5.74) is 0.308. The summed E-state index contributed by atoms with van der Waals surface area (Å²) < 4.78 is 60.9. The maximum atomic E-state index is 14.6. The van der Waals surface area contributed by atoms with Crippen LogP contribution in [0.25, 0.3) is 0 Å². The fraction of sp³-hybridized carbons (Fsp3) is 0.611. The first kappa shape index (κ1) is 37.1. The Kier molecular flexibility index (Phi) is 10.8. The maximum absolute atomic E-state index is 14.6. The number of nitrogens with one attached hydrogen (secondary N) is 1. The van der Waals surface area contributed by atoms with E-state index in [1.807, 2.05) is 13.8 Å². The van der Waals surface area contributed by atoms with Gasteiger partial charge in [0.15, 0.2) is 16.6 Å². The molecule has 4 fully saturated rings. The molecule has 0 aliphatic carbocycles. The summed E-state index contributed by atoms with van der Waals surface area (Å²) in [4.78, 5) is 33.2. The van der Waals surface area contributed by atoms with Gasteiger partial charge in [0.2, 0.25) is 0 Å². The predicted octanol–water partition coefficient (Wildman–Crippen LogP) is 4.63. The van der Waals surface area contributed by atoms with Crippen LogP contribution in [-0.4, -0.2) is 115 Å². The minimum absolute atomic E-state index is 0.0392. The number of likely N-dealkylation sites (tertiary alicyclic amines) is 1. The number of aromatic nitrogens is 3. The number of rotatable bonds is 11. The number of sulfonamides is 1. The Morgan fingerprint density at radius 3 is 2.58 bits per heavy atom. The average molecular weight is 758 g/mol. The topological polar surface area (TPSA) is 139 Å². The number of carbonyl (C=O) groups is 1. The number of aryl methyl sites for hydroxylation is 1. The van der Waals surface area contributed by atoms with E-state index in [9.17, 15) is 17.6 Å². The van der Waals surface area contributed by atoms with Crippen molar-refractivity contribution >= 4 is 33.1 Å². The molecule has 282 valence electrons. The number of thiazole rings is 1. The van der Waals surface area contributed by atoms with Crippen LogP contribution in [0.5, 0.6) is 11.5 Å². The highest BCUT2D eigenvalue weighted by atomic mass is 32.2.